The molecule has 1 aliphatic heterocycles. The summed E-state index contributed by atoms with van der Waals surface area (Å²) >= 11 is 0. The first-order chi connectivity index (χ1) is 13.0. The summed E-state index contributed by atoms with van der Waals surface area (Å²) in [6, 6.07) is 11.3. The van der Waals surface area contributed by atoms with Crippen LogP contribution in [0.15, 0.2) is 42.5 Å². The van der Waals surface area contributed by atoms with Crippen molar-refractivity contribution in [3.05, 3.63) is 48.0 Å². The molecule has 0 fully saturated rings. The molecule has 0 unspecified atom stereocenters. The Kier molecular flexibility index (Phi) is 5.55. The fraction of sp³-hybridized carbons (Fsp3) is 0.211. The van der Waals surface area contributed by atoms with E-state index >= 15 is 0 Å². The zero-order chi connectivity index (χ0) is 19.2. The third-order valence-corrected chi connectivity index (χ3v) is 3.71. The van der Waals surface area contributed by atoms with E-state index < -0.39 is 17.8 Å². The van der Waals surface area contributed by atoms with E-state index in [1.165, 1.54) is 13.2 Å². The number of esters is 1. The predicted molar refractivity (Wildman–Crippen MR) is 97.1 cm³/mol. The summed E-state index contributed by atoms with van der Waals surface area (Å²) in [5, 5.41) is 5.21. The Morgan fingerprint density at radius 3 is 2.30 bits per heavy atom. The lowest BCUT2D eigenvalue weighted by atomic mass is 10.2. The molecule has 27 heavy (non-hydrogen) atoms. The number of nitrogens with one attached hydrogen (secondary N) is 2. The Balaban J connectivity index is 1.56. The maximum Gasteiger partial charge on any atom is 0.337 e. The van der Waals surface area contributed by atoms with Crippen LogP contribution in [-0.4, -0.2) is 38.1 Å². The molecule has 0 radical (unpaired) electrons. The molecule has 2 aromatic rings. The predicted octanol–water partition coefficient (Wildman–Crippen LogP) is 2.21. The van der Waals surface area contributed by atoms with Crippen LogP contribution < -0.4 is 20.1 Å². The summed E-state index contributed by atoms with van der Waals surface area (Å²) in [5.74, 6) is -0.339. The van der Waals surface area contributed by atoms with Crippen LogP contribution in [0.25, 0.3) is 0 Å². The normalized spacial score (nSPS) is 12.0. The SMILES string of the molecule is COC(=O)c1cccc(NC(=O)CC(=O)Nc2ccc3c(c2)OCCO3)c1. The van der Waals surface area contributed by atoms with Crippen LogP contribution >= 0.6 is 0 Å². The van der Waals surface area contributed by atoms with Gasteiger partial charge in [-0.3, -0.25) is 9.59 Å². The van der Waals surface area contributed by atoms with Crippen LogP contribution in [0.4, 0.5) is 11.4 Å². The van der Waals surface area contributed by atoms with Crippen molar-refractivity contribution < 1.29 is 28.6 Å². The summed E-state index contributed by atoms with van der Waals surface area (Å²) < 4.78 is 15.5. The van der Waals surface area contributed by atoms with Crippen molar-refractivity contribution in [2.24, 2.45) is 0 Å². The zero-order valence-electron chi connectivity index (χ0n) is 14.6. The summed E-state index contributed by atoms with van der Waals surface area (Å²) in [6.45, 7) is 0.924. The highest BCUT2D eigenvalue weighted by molar-refractivity contribution is 6.08. The molecular weight excluding hydrogens is 352 g/mol. The van der Waals surface area contributed by atoms with Gasteiger partial charge in [0.2, 0.25) is 11.8 Å². The maximum atomic E-state index is 12.1. The van der Waals surface area contributed by atoms with Gasteiger partial charge < -0.3 is 24.8 Å². The number of carbonyl (C=O) groups is 3. The Bertz CT molecular complexity index is 880. The molecule has 3 rings (SSSR count). The molecular formula is C19H18N2O6. The molecule has 2 amide bonds. The highest BCUT2D eigenvalue weighted by atomic mass is 16.6. The maximum absolute atomic E-state index is 12.1. The van der Waals surface area contributed by atoms with Crippen LogP contribution in [0.2, 0.25) is 0 Å². The zero-order valence-corrected chi connectivity index (χ0v) is 14.6. The largest absolute Gasteiger partial charge is 0.486 e. The second-order valence-electron chi connectivity index (χ2n) is 5.70. The number of fused-ring (bicyclic) bond motifs is 1. The molecule has 1 heterocycles. The highest BCUT2D eigenvalue weighted by Crippen LogP contribution is 2.32. The minimum atomic E-state index is -0.512. The molecule has 8 heteroatoms. The minimum absolute atomic E-state index is 0.302. The Morgan fingerprint density at radius 1 is 0.926 bits per heavy atom. The van der Waals surface area contributed by atoms with E-state index in [1.807, 2.05) is 0 Å². The first-order valence-corrected chi connectivity index (χ1v) is 8.23. The lowest BCUT2D eigenvalue weighted by Gasteiger charge is -2.19. The fourth-order valence-corrected chi connectivity index (χ4v) is 2.52. The lowest BCUT2D eigenvalue weighted by Crippen LogP contribution is -2.22. The summed E-state index contributed by atoms with van der Waals surface area (Å²) in [6.07, 6.45) is -0.378. The van der Waals surface area contributed by atoms with E-state index in [0.29, 0.717) is 41.7 Å². The number of methoxy groups -OCH3 is 1. The standard InChI is InChI=1S/C19H18N2O6/c1-25-19(24)12-3-2-4-13(9-12)20-17(22)11-18(23)21-14-5-6-15-16(10-14)27-8-7-26-15/h2-6,9-10H,7-8,11H2,1H3,(H,20,22)(H,21,23). The van der Waals surface area contributed by atoms with Crippen molar-refractivity contribution in [3.8, 4) is 11.5 Å². The number of amides is 2. The average molecular weight is 370 g/mol. The quantitative estimate of drug-likeness (QED) is 0.618. The van der Waals surface area contributed by atoms with Gasteiger partial charge in [-0.15, -0.1) is 0 Å². The van der Waals surface area contributed by atoms with Gasteiger partial charge in [0.25, 0.3) is 0 Å². The van der Waals surface area contributed by atoms with Gasteiger partial charge in [-0.05, 0) is 30.3 Å². The number of benzene rings is 2. The Labute approximate surface area is 155 Å². The molecule has 0 spiro atoms. The number of rotatable bonds is 5. The average Bonchev–Trinajstić information content (AvgIpc) is 2.67. The summed E-state index contributed by atoms with van der Waals surface area (Å²) in [4.78, 5) is 35.7. The minimum Gasteiger partial charge on any atom is -0.486 e. The smallest absolute Gasteiger partial charge is 0.337 e. The van der Waals surface area contributed by atoms with Gasteiger partial charge in [0.05, 0.1) is 12.7 Å². The molecule has 1 aliphatic rings. The molecule has 2 N–H and O–H groups in total. The second-order valence-corrected chi connectivity index (χ2v) is 5.70. The third kappa shape index (κ3) is 4.75. The molecule has 2 aromatic carbocycles. The van der Waals surface area contributed by atoms with Gasteiger partial charge in [0.1, 0.15) is 19.6 Å². The van der Waals surface area contributed by atoms with Gasteiger partial charge >= 0.3 is 5.97 Å². The lowest BCUT2D eigenvalue weighted by molar-refractivity contribution is -0.123. The van der Waals surface area contributed by atoms with Crippen molar-refractivity contribution in [2.75, 3.05) is 31.0 Å². The number of carbonyl (C=O) groups excluding carboxylic acids is 3. The second kappa shape index (κ2) is 8.22. The van der Waals surface area contributed by atoms with Gasteiger partial charge in [0, 0.05) is 17.4 Å². The summed E-state index contributed by atoms with van der Waals surface area (Å²) in [5.41, 5.74) is 1.20. The van der Waals surface area contributed by atoms with Gasteiger partial charge in [0.15, 0.2) is 11.5 Å². The molecule has 0 aliphatic carbocycles. The van der Waals surface area contributed by atoms with Gasteiger partial charge in [-0.25, -0.2) is 4.79 Å². The van der Waals surface area contributed by atoms with E-state index in [0.717, 1.165) is 0 Å². The topological polar surface area (TPSA) is 103 Å². The van der Waals surface area contributed by atoms with Crippen molar-refractivity contribution >= 4 is 29.2 Å². The van der Waals surface area contributed by atoms with Crippen molar-refractivity contribution in [1.82, 2.24) is 0 Å². The van der Waals surface area contributed by atoms with Crippen molar-refractivity contribution in [1.29, 1.82) is 0 Å². The Morgan fingerprint density at radius 2 is 1.59 bits per heavy atom. The summed E-state index contributed by atoms with van der Waals surface area (Å²) in [7, 11) is 1.27. The van der Waals surface area contributed by atoms with E-state index in [2.05, 4.69) is 15.4 Å². The van der Waals surface area contributed by atoms with Gasteiger partial charge in [-0.2, -0.15) is 0 Å². The fourth-order valence-electron chi connectivity index (χ4n) is 2.52. The van der Waals surface area contributed by atoms with Gasteiger partial charge in [-0.1, -0.05) is 6.07 Å². The van der Waals surface area contributed by atoms with Crippen LogP contribution in [0, 0.1) is 0 Å². The Hall–Kier alpha value is -3.55. The molecule has 0 aromatic heterocycles. The number of hydrogen-bond acceptors (Lipinski definition) is 6. The van der Waals surface area contributed by atoms with E-state index in [1.54, 1.807) is 36.4 Å². The van der Waals surface area contributed by atoms with Crippen LogP contribution in [-0.2, 0) is 14.3 Å². The van der Waals surface area contributed by atoms with Crippen LogP contribution in [0.1, 0.15) is 16.8 Å². The molecule has 0 atom stereocenters. The molecule has 0 saturated heterocycles. The van der Waals surface area contributed by atoms with E-state index in [4.69, 9.17) is 9.47 Å². The first kappa shape index (κ1) is 18.2. The molecule has 8 nitrogen and oxygen atoms in total. The monoisotopic (exact) mass is 370 g/mol. The van der Waals surface area contributed by atoms with Crippen LogP contribution in [0.5, 0.6) is 11.5 Å². The number of ether oxygens (including phenoxy) is 3. The molecule has 0 saturated carbocycles. The molecule has 140 valence electrons. The number of anilines is 2. The van der Waals surface area contributed by atoms with Crippen molar-refractivity contribution in [3.63, 3.8) is 0 Å². The van der Waals surface area contributed by atoms with Crippen molar-refractivity contribution in [2.45, 2.75) is 6.42 Å². The molecule has 0 bridgehead atoms. The third-order valence-electron chi connectivity index (χ3n) is 3.71. The van der Waals surface area contributed by atoms with E-state index in [-0.39, 0.29) is 6.42 Å². The van der Waals surface area contributed by atoms with E-state index in [9.17, 15) is 14.4 Å². The van der Waals surface area contributed by atoms with Crippen LogP contribution in [0.3, 0.4) is 0 Å². The highest BCUT2D eigenvalue weighted by Gasteiger charge is 2.15. The first-order valence-electron chi connectivity index (χ1n) is 8.23. The number of hydrogen-bond donors (Lipinski definition) is 2.